The minimum atomic E-state index is 0.308. The lowest BCUT2D eigenvalue weighted by Gasteiger charge is -2.43. The van der Waals surface area contributed by atoms with Gasteiger partial charge < -0.3 is 19.1 Å². The Kier molecular flexibility index (Phi) is 4.41. The normalized spacial score (nSPS) is 18.8. The quantitative estimate of drug-likeness (QED) is 0.875. The van der Waals surface area contributed by atoms with Crippen LogP contribution in [0.4, 0.5) is 0 Å². The Labute approximate surface area is 143 Å². The Bertz CT molecular complexity index is 722. The molecule has 128 valence electrons. The zero-order chi connectivity index (χ0) is 17.3. The van der Waals surface area contributed by atoms with E-state index in [1.807, 2.05) is 12.1 Å². The van der Waals surface area contributed by atoms with E-state index in [-0.39, 0.29) is 0 Å². The molecule has 0 saturated heterocycles. The van der Waals surface area contributed by atoms with Crippen LogP contribution >= 0.6 is 0 Å². The van der Waals surface area contributed by atoms with Gasteiger partial charge in [-0.2, -0.15) is 0 Å². The van der Waals surface area contributed by atoms with Crippen molar-refractivity contribution in [3.05, 3.63) is 53.1 Å². The summed E-state index contributed by atoms with van der Waals surface area (Å²) in [5.41, 5.74) is 3.90. The number of quaternary nitrogens is 1. The van der Waals surface area contributed by atoms with E-state index in [0.717, 1.165) is 35.4 Å². The molecule has 0 aromatic heterocycles. The first-order valence-electron chi connectivity index (χ1n) is 8.30. The van der Waals surface area contributed by atoms with E-state index in [0.29, 0.717) is 11.8 Å². The third-order valence-electron chi connectivity index (χ3n) is 5.17. The van der Waals surface area contributed by atoms with Crippen LogP contribution in [0.1, 0.15) is 22.7 Å². The van der Waals surface area contributed by atoms with Crippen LogP contribution in [0, 0.1) is 0 Å². The summed E-state index contributed by atoms with van der Waals surface area (Å²) in [5, 5.41) is 9.51. The highest BCUT2D eigenvalue weighted by atomic mass is 16.5. The molecule has 0 fully saturated rings. The largest absolute Gasteiger partial charge is 0.508 e. The number of methoxy groups -OCH3 is 2. The minimum Gasteiger partial charge on any atom is -0.508 e. The van der Waals surface area contributed by atoms with Gasteiger partial charge in [-0.05, 0) is 35.4 Å². The summed E-state index contributed by atoms with van der Waals surface area (Å²) < 4.78 is 11.9. The molecule has 1 N–H and O–H groups in total. The number of rotatable bonds is 4. The van der Waals surface area contributed by atoms with Crippen LogP contribution in [-0.4, -0.2) is 44.4 Å². The summed E-state index contributed by atoms with van der Waals surface area (Å²) in [4.78, 5) is 0. The van der Waals surface area contributed by atoms with E-state index in [2.05, 4.69) is 26.2 Å². The van der Waals surface area contributed by atoms with Gasteiger partial charge in [-0.15, -0.1) is 0 Å². The molecule has 2 aromatic rings. The van der Waals surface area contributed by atoms with Gasteiger partial charge in [-0.3, -0.25) is 0 Å². The van der Waals surface area contributed by atoms with Gasteiger partial charge in [0.15, 0.2) is 11.5 Å². The first-order chi connectivity index (χ1) is 11.4. The van der Waals surface area contributed by atoms with Gasteiger partial charge in [0.25, 0.3) is 0 Å². The molecule has 1 atom stereocenters. The summed E-state index contributed by atoms with van der Waals surface area (Å²) in [5.74, 6) is 1.89. The molecule has 24 heavy (non-hydrogen) atoms. The van der Waals surface area contributed by atoms with Crippen molar-refractivity contribution in [3.8, 4) is 17.2 Å². The Morgan fingerprint density at radius 1 is 1.04 bits per heavy atom. The SMILES string of the molecule is COc1cc2c(cc1OC)[C@H](Cc1ccc(O)cc1)[N+](C)(C)CC2. The molecule has 0 saturated carbocycles. The Balaban J connectivity index is 2.02. The Morgan fingerprint density at radius 2 is 1.67 bits per heavy atom. The molecule has 0 bridgehead atoms. The summed E-state index contributed by atoms with van der Waals surface area (Å²) in [6, 6.07) is 12.1. The van der Waals surface area contributed by atoms with Gasteiger partial charge in [0.2, 0.25) is 0 Å². The number of phenolic OH excluding ortho intramolecular Hbond substituents is 1. The summed E-state index contributed by atoms with van der Waals surface area (Å²) >= 11 is 0. The van der Waals surface area contributed by atoms with E-state index >= 15 is 0 Å². The maximum absolute atomic E-state index is 9.51. The molecule has 1 heterocycles. The van der Waals surface area contributed by atoms with Crippen LogP contribution in [0.5, 0.6) is 17.2 Å². The van der Waals surface area contributed by atoms with Crippen molar-refractivity contribution < 1.29 is 19.1 Å². The summed E-state index contributed by atoms with van der Waals surface area (Å²) in [6.45, 7) is 1.09. The van der Waals surface area contributed by atoms with E-state index < -0.39 is 0 Å². The number of ether oxygens (including phenoxy) is 2. The first-order valence-corrected chi connectivity index (χ1v) is 8.30. The molecule has 0 radical (unpaired) electrons. The summed E-state index contributed by atoms with van der Waals surface area (Å²) in [7, 11) is 7.93. The van der Waals surface area contributed by atoms with Gasteiger partial charge in [-0.25, -0.2) is 0 Å². The van der Waals surface area contributed by atoms with Gasteiger partial charge in [0.05, 0.1) is 34.9 Å². The number of hydrogen-bond acceptors (Lipinski definition) is 3. The highest BCUT2D eigenvalue weighted by Gasteiger charge is 2.36. The standard InChI is InChI=1S/C20H25NO3/c1-21(2)10-9-15-12-19(23-3)20(24-4)13-17(15)18(21)11-14-5-7-16(22)8-6-14/h5-8,12-13,18H,9-11H2,1-4H3/p+1/t18-/m0/s1. The molecule has 2 aromatic carbocycles. The molecule has 0 unspecified atom stereocenters. The van der Waals surface area contributed by atoms with Crippen LogP contribution in [0.25, 0.3) is 0 Å². The van der Waals surface area contributed by atoms with Crippen LogP contribution in [-0.2, 0) is 12.8 Å². The fourth-order valence-electron chi connectivity index (χ4n) is 3.62. The highest BCUT2D eigenvalue weighted by Crippen LogP contribution is 2.41. The molecular weight excluding hydrogens is 302 g/mol. The van der Waals surface area contributed by atoms with Crippen LogP contribution in [0.15, 0.2) is 36.4 Å². The van der Waals surface area contributed by atoms with Crippen molar-refractivity contribution in [2.75, 3.05) is 34.9 Å². The maximum atomic E-state index is 9.51. The fraction of sp³-hybridized carbons (Fsp3) is 0.400. The second kappa shape index (κ2) is 6.36. The molecule has 0 spiro atoms. The number of benzene rings is 2. The van der Waals surface area contributed by atoms with Crippen LogP contribution in [0.2, 0.25) is 0 Å². The van der Waals surface area contributed by atoms with E-state index in [1.54, 1.807) is 26.4 Å². The maximum Gasteiger partial charge on any atom is 0.161 e. The summed E-state index contributed by atoms with van der Waals surface area (Å²) in [6.07, 6.45) is 1.96. The second-order valence-corrected chi connectivity index (χ2v) is 7.04. The smallest absolute Gasteiger partial charge is 0.161 e. The van der Waals surface area contributed by atoms with Crippen molar-refractivity contribution >= 4 is 0 Å². The molecule has 0 aliphatic carbocycles. The minimum absolute atomic E-state index is 0.308. The average Bonchev–Trinajstić information content (AvgIpc) is 2.58. The molecule has 4 heteroatoms. The number of fused-ring (bicyclic) bond motifs is 1. The van der Waals surface area contributed by atoms with Crippen LogP contribution in [0.3, 0.4) is 0 Å². The second-order valence-electron chi connectivity index (χ2n) is 7.04. The lowest BCUT2D eigenvalue weighted by Crippen LogP contribution is -2.48. The van der Waals surface area contributed by atoms with E-state index in [1.165, 1.54) is 16.7 Å². The van der Waals surface area contributed by atoms with Crippen molar-refractivity contribution in [2.45, 2.75) is 18.9 Å². The van der Waals surface area contributed by atoms with Crippen molar-refractivity contribution in [1.29, 1.82) is 0 Å². The highest BCUT2D eigenvalue weighted by molar-refractivity contribution is 5.49. The van der Waals surface area contributed by atoms with Gasteiger partial charge in [-0.1, -0.05) is 12.1 Å². The number of aromatic hydroxyl groups is 1. The van der Waals surface area contributed by atoms with E-state index in [4.69, 9.17) is 9.47 Å². The van der Waals surface area contributed by atoms with Crippen molar-refractivity contribution in [2.24, 2.45) is 0 Å². The lowest BCUT2D eigenvalue weighted by atomic mass is 9.87. The molecule has 1 aliphatic rings. The molecule has 0 amide bonds. The first kappa shape index (κ1) is 16.7. The predicted molar refractivity (Wildman–Crippen MR) is 94.8 cm³/mol. The van der Waals surface area contributed by atoms with E-state index in [9.17, 15) is 5.11 Å². The monoisotopic (exact) mass is 328 g/mol. The van der Waals surface area contributed by atoms with Crippen molar-refractivity contribution in [1.82, 2.24) is 0 Å². The molecule has 1 aliphatic heterocycles. The third-order valence-corrected chi connectivity index (χ3v) is 5.17. The zero-order valence-electron chi connectivity index (χ0n) is 14.9. The van der Waals surface area contributed by atoms with Crippen LogP contribution < -0.4 is 9.47 Å². The average molecular weight is 328 g/mol. The van der Waals surface area contributed by atoms with Crippen molar-refractivity contribution in [3.63, 3.8) is 0 Å². The fourth-order valence-corrected chi connectivity index (χ4v) is 3.62. The topological polar surface area (TPSA) is 38.7 Å². The Hall–Kier alpha value is -2.20. The third kappa shape index (κ3) is 3.06. The lowest BCUT2D eigenvalue weighted by molar-refractivity contribution is -0.923. The van der Waals surface area contributed by atoms with Gasteiger partial charge in [0, 0.05) is 18.4 Å². The number of hydrogen-bond donors (Lipinski definition) is 1. The van der Waals surface area contributed by atoms with Gasteiger partial charge in [0.1, 0.15) is 11.8 Å². The Morgan fingerprint density at radius 3 is 2.29 bits per heavy atom. The number of nitrogens with zero attached hydrogens (tertiary/aromatic N) is 1. The molecule has 3 rings (SSSR count). The number of likely N-dealkylation sites (N-methyl/N-ethyl adjacent to an activating group) is 1. The zero-order valence-corrected chi connectivity index (χ0v) is 14.9. The van der Waals surface area contributed by atoms with Gasteiger partial charge >= 0.3 is 0 Å². The predicted octanol–water partition coefficient (Wildman–Crippen LogP) is 3.33. The number of phenols is 1. The molecular formula is C20H26NO3+. The molecule has 4 nitrogen and oxygen atoms in total.